The molecule has 0 amide bonds. The summed E-state index contributed by atoms with van der Waals surface area (Å²) in [6.45, 7) is 10.5. The minimum atomic E-state index is -4.70. The third kappa shape index (κ3) is 5.86. The standard InChI is InChI=1S/C16H23F3O2/c1-6-11(2)10-20-14-9-12(21-16(17,18)19)7-8-13(14)15(3,4)5/h7-9,11H,6,10H2,1-5H3. The minimum absolute atomic E-state index is 0.221. The summed E-state index contributed by atoms with van der Waals surface area (Å²) < 4.78 is 46.6. The number of hydrogen-bond donors (Lipinski definition) is 0. The van der Waals surface area contributed by atoms with Gasteiger partial charge in [0, 0.05) is 6.07 Å². The summed E-state index contributed by atoms with van der Waals surface area (Å²) in [7, 11) is 0. The molecular formula is C16H23F3O2. The Balaban J connectivity index is 3.05. The average molecular weight is 304 g/mol. The van der Waals surface area contributed by atoms with Gasteiger partial charge in [-0.1, -0.05) is 47.1 Å². The lowest BCUT2D eigenvalue weighted by molar-refractivity contribution is -0.274. The molecule has 0 spiro atoms. The van der Waals surface area contributed by atoms with E-state index in [1.807, 2.05) is 34.6 Å². The molecule has 0 N–H and O–H groups in total. The van der Waals surface area contributed by atoms with Crippen molar-refractivity contribution in [3.05, 3.63) is 23.8 Å². The van der Waals surface area contributed by atoms with Gasteiger partial charge in [0.15, 0.2) is 0 Å². The van der Waals surface area contributed by atoms with Gasteiger partial charge in [0.05, 0.1) is 6.61 Å². The van der Waals surface area contributed by atoms with Gasteiger partial charge in [-0.05, 0) is 23.0 Å². The van der Waals surface area contributed by atoms with Crippen LogP contribution in [0.15, 0.2) is 18.2 Å². The highest BCUT2D eigenvalue weighted by atomic mass is 19.4. The number of hydrogen-bond acceptors (Lipinski definition) is 2. The molecule has 0 bridgehead atoms. The molecule has 0 saturated carbocycles. The number of ether oxygens (including phenoxy) is 2. The van der Waals surface area contributed by atoms with E-state index in [1.54, 1.807) is 6.07 Å². The molecule has 2 nitrogen and oxygen atoms in total. The van der Waals surface area contributed by atoms with Gasteiger partial charge in [0.25, 0.3) is 0 Å². The van der Waals surface area contributed by atoms with E-state index in [2.05, 4.69) is 4.74 Å². The van der Waals surface area contributed by atoms with Crippen LogP contribution >= 0.6 is 0 Å². The summed E-state index contributed by atoms with van der Waals surface area (Å²) in [5, 5.41) is 0. The van der Waals surface area contributed by atoms with Crippen molar-refractivity contribution in [3.63, 3.8) is 0 Å². The van der Waals surface area contributed by atoms with Gasteiger partial charge in [-0.25, -0.2) is 0 Å². The summed E-state index contributed by atoms with van der Waals surface area (Å²) in [6.07, 6.45) is -3.75. The Morgan fingerprint density at radius 1 is 1.14 bits per heavy atom. The zero-order valence-corrected chi connectivity index (χ0v) is 13.2. The molecule has 1 aromatic carbocycles. The predicted molar refractivity (Wildman–Crippen MR) is 76.8 cm³/mol. The normalized spacial score (nSPS) is 13.9. The van der Waals surface area contributed by atoms with Gasteiger partial charge in [-0.3, -0.25) is 0 Å². The molecule has 0 saturated heterocycles. The van der Waals surface area contributed by atoms with E-state index in [4.69, 9.17) is 4.74 Å². The quantitative estimate of drug-likeness (QED) is 0.734. The number of benzene rings is 1. The summed E-state index contributed by atoms with van der Waals surface area (Å²) in [5.74, 6) is 0.532. The van der Waals surface area contributed by atoms with Gasteiger partial charge in [0.1, 0.15) is 11.5 Å². The lowest BCUT2D eigenvalue weighted by atomic mass is 9.86. The Labute approximate surface area is 124 Å². The molecule has 0 aliphatic heterocycles. The minimum Gasteiger partial charge on any atom is -0.493 e. The van der Waals surface area contributed by atoms with Crippen molar-refractivity contribution >= 4 is 0 Å². The van der Waals surface area contributed by atoms with Crippen molar-refractivity contribution in [2.24, 2.45) is 5.92 Å². The molecule has 1 rings (SSSR count). The van der Waals surface area contributed by atoms with E-state index in [-0.39, 0.29) is 11.2 Å². The van der Waals surface area contributed by atoms with Crippen LogP contribution in [0.25, 0.3) is 0 Å². The third-order valence-corrected chi connectivity index (χ3v) is 3.21. The Morgan fingerprint density at radius 2 is 1.76 bits per heavy atom. The van der Waals surface area contributed by atoms with Gasteiger partial charge in [0.2, 0.25) is 0 Å². The first-order chi connectivity index (χ1) is 9.53. The second-order valence-electron chi connectivity index (χ2n) is 6.28. The lowest BCUT2D eigenvalue weighted by Gasteiger charge is -2.24. The highest BCUT2D eigenvalue weighted by Gasteiger charge is 2.32. The van der Waals surface area contributed by atoms with Crippen LogP contribution in [-0.2, 0) is 5.41 Å². The van der Waals surface area contributed by atoms with Crippen LogP contribution in [0.2, 0.25) is 0 Å². The number of alkyl halides is 3. The Hall–Kier alpha value is -1.39. The maximum Gasteiger partial charge on any atom is 0.573 e. The topological polar surface area (TPSA) is 18.5 Å². The van der Waals surface area contributed by atoms with Gasteiger partial charge < -0.3 is 9.47 Å². The lowest BCUT2D eigenvalue weighted by Crippen LogP contribution is -2.19. The van der Waals surface area contributed by atoms with Crippen molar-refractivity contribution in [1.82, 2.24) is 0 Å². The van der Waals surface area contributed by atoms with Crippen LogP contribution in [0.4, 0.5) is 13.2 Å². The first-order valence-electron chi connectivity index (χ1n) is 7.06. The molecule has 0 aromatic heterocycles. The zero-order chi connectivity index (χ0) is 16.3. The summed E-state index contributed by atoms with van der Waals surface area (Å²) in [6, 6.07) is 4.27. The van der Waals surface area contributed by atoms with E-state index in [1.165, 1.54) is 12.1 Å². The van der Waals surface area contributed by atoms with Crippen LogP contribution in [0.1, 0.15) is 46.6 Å². The zero-order valence-electron chi connectivity index (χ0n) is 13.2. The van der Waals surface area contributed by atoms with E-state index in [0.29, 0.717) is 18.3 Å². The van der Waals surface area contributed by atoms with Crippen LogP contribution in [-0.4, -0.2) is 13.0 Å². The first kappa shape index (κ1) is 17.7. The van der Waals surface area contributed by atoms with Gasteiger partial charge >= 0.3 is 6.36 Å². The molecule has 0 aliphatic rings. The second-order valence-corrected chi connectivity index (χ2v) is 6.28. The molecule has 5 heteroatoms. The Kier molecular flexibility index (Phi) is 5.54. The maximum absolute atomic E-state index is 12.3. The van der Waals surface area contributed by atoms with Crippen LogP contribution in [0, 0.1) is 5.92 Å². The predicted octanol–water partition coefficient (Wildman–Crippen LogP) is 5.31. The van der Waals surface area contributed by atoms with E-state index in [9.17, 15) is 13.2 Å². The van der Waals surface area contributed by atoms with Gasteiger partial charge in [-0.15, -0.1) is 13.2 Å². The fourth-order valence-electron chi connectivity index (χ4n) is 1.79. The molecule has 0 fully saturated rings. The van der Waals surface area contributed by atoms with Crippen LogP contribution in [0.3, 0.4) is 0 Å². The van der Waals surface area contributed by atoms with Crippen molar-refractivity contribution in [2.75, 3.05) is 6.61 Å². The molecule has 0 aliphatic carbocycles. The molecule has 1 aromatic rings. The molecule has 1 atom stereocenters. The van der Waals surface area contributed by atoms with Crippen LogP contribution in [0.5, 0.6) is 11.5 Å². The van der Waals surface area contributed by atoms with Crippen molar-refractivity contribution < 1.29 is 22.6 Å². The second kappa shape index (κ2) is 6.58. The molecule has 0 heterocycles. The molecule has 1 unspecified atom stereocenters. The first-order valence-corrected chi connectivity index (χ1v) is 7.06. The van der Waals surface area contributed by atoms with Crippen molar-refractivity contribution in [2.45, 2.75) is 52.8 Å². The fourth-order valence-corrected chi connectivity index (χ4v) is 1.79. The summed E-state index contributed by atoms with van der Waals surface area (Å²) in [4.78, 5) is 0. The monoisotopic (exact) mass is 304 g/mol. The SMILES string of the molecule is CCC(C)COc1cc(OC(F)(F)F)ccc1C(C)(C)C. The fraction of sp³-hybridized carbons (Fsp3) is 0.625. The molecular weight excluding hydrogens is 281 g/mol. The van der Waals surface area contributed by atoms with E-state index >= 15 is 0 Å². The highest BCUT2D eigenvalue weighted by molar-refractivity contribution is 5.44. The van der Waals surface area contributed by atoms with E-state index in [0.717, 1.165) is 12.0 Å². The summed E-state index contributed by atoms with van der Waals surface area (Å²) in [5.41, 5.74) is 0.641. The number of halogens is 3. The largest absolute Gasteiger partial charge is 0.573 e. The maximum atomic E-state index is 12.3. The highest BCUT2D eigenvalue weighted by Crippen LogP contribution is 2.36. The molecule has 21 heavy (non-hydrogen) atoms. The smallest absolute Gasteiger partial charge is 0.493 e. The van der Waals surface area contributed by atoms with Gasteiger partial charge in [-0.2, -0.15) is 0 Å². The third-order valence-electron chi connectivity index (χ3n) is 3.21. The number of rotatable bonds is 5. The van der Waals surface area contributed by atoms with Crippen molar-refractivity contribution in [3.8, 4) is 11.5 Å². The summed E-state index contributed by atoms with van der Waals surface area (Å²) >= 11 is 0. The average Bonchev–Trinajstić information content (AvgIpc) is 2.32. The van der Waals surface area contributed by atoms with Crippen LogP contribution < -0.4 is 9.47 Å². The molecule has 120 valence electrons. The van der Waals surface area contributed by atoms with Crippen molar-refractivity contribution in [1.29, 1.82) is 0 Å². The Bertz CT molecular complexity index is 462. The van der Waals surface area contributed by atoms with E-state index < -0.39 is 6.36 Å². The Morgan fingerprint density at radius 3 is 2.24 bits per heavy atom. The molecule has 0 radical (unpaired) electrons.